The maximum atomic E-state index is 11.9. The number of ether oxygens (including phenoxy) is 2. The number of hydrogen-bond acceptors (Lipinski definition) is 7. The number of amides is 2. The van der Waals surface area contributed by atoms with Crippen molar-refractivity contribution in [2.75, 3.05) is 11.4 Å². The summed E-state index contributed by atoms with van der Waals surface area (Å²) in [5.41, 5.74) is 6.47. The third kappa shape index (κ3) is 4.06. The third-order valence-electron chi connectivity index (χ3n) is 5.53. The fourth-order valence-electron chi connectivity index (χ4n) is 3.87. The Morgan fingerprint density at radius 3 is 2.32 bits per heavy atom. The SMILES string of the molecule is C=CC(=O)N1C=C2CC(C1)N2c1ncc(C(N)=O)c(Oc2ccc(Oc3ccccc3)cc2)n1. The van der Waals surface area contributed by atoms with E-state index in [1.54, 1.807) is 35.4 Å². The second-order valence-electron chi connectivity index (χ2n) is 7.78. The number of anilines is 1. The maximum Gasteiger partial charge on any atom is 0.255 e. The highest BCUT2D eigenvalue weighted by Crippen LogP contribution is 2.39. The van der Waals surface area contributed by atoms with Crippen LogP contribution in [0.15, 0.2) is 85.3 Å². The molecule has 1 unspecified atom stereocenters. The van der Waals surface area contributed by atoms with Crippen molar-refractivity contribution in [2.24, 2.45) is 5.73 Å². The highest BCUT2D eigenvalue weighted by Gasteiger charge is 2.41. The lowest BCUT2D eigenvalue weighted by atomic mass is 9.95. The summed E-state index contributed by atoms with van der Waals surface area (Å²) in [6, 6.07) is 16.4. The molecule has 6 rings (SSSR count). The monoisotopic (exact) mass is 455 g/mol. The number of hydrogen-bond donors (Lipinski definition) is 1. The van der Waals surface area contributed by atoms with Gasteiger partial charge in [-0.15, -0.1) is 0 Å². The summed E-state index contributed by atoms with van der Waals surface area (Å²) in [6.07, 6.45) is 5.21. The topological polar surface area (TPSA) is 111 Å². The Kier molecular flexibility index (Phi) is 5.43. The van der Waals surface area contributed by atoms with Crippen LogP contribution in [-0.2, 0) is 4.79 Å². The lowest BCUT2D eigenvalue weighted by Crippen LogP contribution is -2.57. The molecule has 3 aliphatic rings. The summed E-state index contributed by atoms with van der Waals surface area (Å²) in [6.45, 7) is 4.02. The van der Waals surface area contributed by atoms with E-state index in [0.717, 1.165) is 17.9 Å². The Hall–Kier alpha value is -4.66. The van der Waals surface area contributed by atoms with Crippen molar-refractivity contribution in [1.82, 2.24) is 14.9 Å². The first kappa shape index (κ1) is 21.2. The van der Waals surface area contributed by atoms with Gasteiger partial charge in [-0.1, -0.05) is 24.8 Å². The molecule has 0 radical (unpaired) electrons. The van der Waals surface area contributed by atoms with E-state index >= 15 is 0 Å². The maximum absolute atomic E-state index is 11.9. The molecule has 0 aliphatic carbocycles. The zero-order valence-electron chi connectivity index (χ0n) is 18.1. The van der Waals surface area contributed by atoms with E-state index < -0.39 is 5.91 Å². The summed E-state index contributed by atoms with van der Waals surface area (Å²) in [5.74, 6) is 1.38. The van der Waals surface area contributed by atoms with E-state index in [0.29, 0.717) is 24.0 Å². The van der Waals surface area contributed by atoms with E-state index in [2.05, 4.69) is 16.5 Å². The second-order valence-corrected chi connectivity index (χ2v) is 7.78. The van der Waals surface area contributed by atoms with Crippen LogP contribution in [0.3, 0.4) is 0 Å². The Morgan fingerprint density at radius 2 is 1.71 bits per heavy atom. The number of fused-ring (bicyclic) bond motifs is 2. The van der Waals surface area contributed by atoms with Crippen LogP contribution in [0.25, 0.3) is 0 Å². The summed E-state index contributed by atoms with van der Waals surface area (Å²) in [7, 11) is 0. The van der Waals surface area contributed by atoms with E-state index in [-0.39, 0.29) is 23.4 Å². The van der Waals surface area contributed by atoms with Gasteiger partial charge in [0.25, 0.3) is 5.91 Å². The molecule has 0 saturated carbocycles. The number of nitrogens with two attached hydrogens (primary N) is 1. The molecule has 2 N–H and O–H groups in total. The zero-order chi connectivity index (χ0) is 23.7. The number of carbonyl (C=O) groups is 2. The Balaban J connectivity index is 1.37. The summed E-state index contributed by atoms with van der Waals surface area (Å²) in [4.78, 5) is 36.2. The van der Waals surface area contributed by atoms with Crippen LogP contribution in [0.5, 0.6) is 23.1 Å². The lowest BCUT2D eigenvalue weighted by Gasteiger charge is -2.49. The minimum absolute atomic E-state index is 0.0330. The largest absolute Gasteiger partial charge is 0.457 e. The van der Waals surface area contributed by atoms with Gasteiger partial charge in [0.1, 0.15) is 22.8 Å². The van der Waals surface area contributed by atoms with Gasteiger partial charge in [0.05, 0.1) is 6.04 Å². The molecule has 4 heterocycles. The highest BCUT2D eigenvalue weighted by molar-refractivity contribution is 5.95. The summed E-state index contributed by atoms with van der Waals surface area (Å²) >= 11 is 0. The molecule has 0 spiro atoms. The van der Waals surface area contributed by atoms with Crippen LogP contribution in [0.2, 0.25) is 0 Å². The Morgan fingerprint density at radius 1 is 1.03 bits per heavy atom. The Bertz CT molecular complexity index is 1290. The number of aromatic nitrogens is 2. The molecule has 1 fully saturated rings. The predicted octanol–water partition coefficient (Wildman–Crippen LogP) is 3.61. The predicted molar refractivity (Wildman–Crippen MR) is 124 cm³/mol. The van der Waals surface area contributed by atoms with E-state index in [1.807, 2.05) is 35.2 Å². The van der Waals surface area contributed by atoms with E-state index in [1.165, 1.54) is 12.3 Å². The molecular weight excluding hydrogens is 434 g/mol. The third-order valence-corrected chi connectivity index (χ3v) is 5.53. The van der Waals surface area contributed by atoms with Gasteiger partial charge in [0.2, 0.25) is 17.7 Å². The molecule has 2 amide bonds. The van der Waals surface area contributed by atoms with Crippen LogP contribution in [0.1, 0.15) is 16.8 Å². The molecule has 170 valence electrons. The number of benzene rings is 2. The fraction of sp³-hybridized carbons (Fsp3) is 0.120. The lowest BCUT2D eigenvalue weighted by molar-refractivity contribution is -0.124. The van der Waals surface area contributed by atoms with Gasteiger partial charge in [-0.25, -0.2) is 4.98 Å². The first-order chi connectivity index (χ1) is 16.5. The average Bonchev–Trinajstić information content (AvgIpc) is 2.85. The molecular formula is C25H21N5O4. The highest BCUT2D eigenvalue weighted by atomic mass is 16.5. The van der Waals surface area contributed by atoms with Crippen LogP contribution >= 0.6 is 0 Å². The molecule has 9 heteroatoms. The molecule has 34 heavy (non-hydrogen) atoms. The number of nitrogens with zero attached hydrogens (tertiary/aromatic N) is 4. The first-order valence-electron chi connectivity index (χ1n) is 10.6. The van der Waals surface area contributed by atoms with Gasteiger partial charge in [0.15, 0.2) is 0 Å². The van der Waals surface area contributed by atoms with Crippen molar-refractivity contribution in [3.63, 3.8) is 0 Å². The second kappa shape index (κ2) is 8.70. The standard InChI is InChI=1S/C25H21N5O4/c1-2-22(31)29-14-16-12-17(15-29)30(16)25-27-13-21(23(26)32)24(28-25)34-20-10-8-19(9-11-20)33-18-6-4-3-5-7-18/h2-11,13-14,17H,1,12,15H2,(H2,26,32). The summed E-state index contributed by atoms with van der Waals surface area (Å²) in [5, 5.41) is 0. The van der Waals surface area contributed by atoms with Crippen LogP contribution in [0.4, 0.5) is 5.95 Å². The normalized spacial score (nSPS) is 16.2. The molecule has 1 saturated heterocycles. The van der Waals surface area contributed by atoms with Gasteiger partial charge >= 0.3 is 0 Å². The van der Waals surface area contributed by atoms with Gasteiger partial charge in [-0.05, 0) is 42.5 Å². The first-order valence-corrected chi connectivity index (χ1v) is 10.6. The van der Waals surface area contributed by atoms with Gasteiger partial charge in [-0.2, -0.15) is 4.98 Å². The van der Waals surface area contributed by atoms with Gasteiger partial charge in [-0.3, -0.25) is 9.59 Å². The minimum Gasteiger partial charge on any atom is -0.457 e. The fourth-order valence-corrected chi connectivity index (χ4v) is 3.87. The smallest absolute Gasteiger partial charge is 0.255 e. The number of para-hydroxylation sites is 1. The van der Waals surface area contributed by atoms with Crippen molar-refractivity contribution >= 4 is 17.8 Å². The molecule has 3 aromatic rings. The molecule has 1 aromatic heterocycles. The average molecular weight is 455 g/mol. The van der Waals surface area contributed by atoms with Gasteiger partial charge < -0.3 is 25.0 Å². The summed E-state index contributed by atoms with van der Waals surface area (Å²) < 4.78 is 11.7. The van der Waals surface area contributed by atoms with Crippen LogP contribution in [0, 0.1) is 0 Å². The quantitative estimate of drug-likeness (QED) is 0.542. The van der Waals surface area contributed by atoms with Crippen molar-refractivity contribution in [3.8, 4) is 23.1 Å². The number of carbonyl (C=O) groups excluding carboxylic acids is 2. The number of primary amides is 1. The molecule has 1 atom stereocenters. The molecule has 2 bridgehead atoms. The van der Waals surface area contributed by atoms with Crippen molar-refractivity contribution < 1.29 is 19.1 Å². The van der Waals surface area contributed by atoms with E-state index in [4.69, 9.17) is 15.2 Å². The Labute approximate surface area is 195 Å². The molecule has 2 aromatic carbocycles. The van der Waals surface area contributed by atoms with Crippen molar-refractivity contribution in [3.05, 3.63) is 90.9 Å². The molecule has 9 nitrogen and oxygen atoms in total. The van der Waals surface area contributed by atoms with Gasteiger partial charge in [0, 0.05) is 31.1 Å². The van der Waals surface area contributed by atoms with Crippen molar-refractivity contribution in [2.45, 2.75) is 12.5 Å². The van der Waals surface area contributed by atoms with Crippen molar-refractivity contribution in [1.29, 1.82) is 0 Å². The van der Waals surface area contributed by atoms with E-state index in [9.17, 15) is 9.59 Å². The molecule has 3 aliphatic heterocycles. The van der Waals surface area contributed by atoms with Crippen LogP contribution < -0.4 is 20.1 Å². The number of rotatable bonds is 7. The zero-order valence-corrected chi connectivity index (χ0v) is 18.1. The minimum atomic E-state index is -0.698. The van der Waals surface area contributed by atoms with Crippen LogP contribution in [-0.4, -0.2) is 39.3 Å².